The lowest BCUT2D eigenvalue weighted by atomic mass is 10.1. The minimum absolute atomic E-state index is 0.304. The molecule has 1 unspecified atom stereocenters. The maximum Gasteiger partial charge on any atom is 0.191 e. The van der Waals surface area contributed by atoms with Crippen LogP contribution in [0.25, 0.3) is 0 Å². The summed E-state index contributed by atoms with van der Waals surface area (Å²) in [5.41, 5.74) is 0. The molecule has 2 rings (SSSR count). The number of nitrogens with zero attached hydrogens (tertiary/aromatic N) is 5. The van der Waals surface area contributed by atoms with Crippen LogP contribution in [0.2, 0.25) is 0 Å². The Bertz CT molecular complexity index is 589. The lowest BCUT2D eigenvalue weighted by Gasteiger charge is -2.30. The molecule has 1 aromatic heterocycles. The normalized spacial score (nSPS) is 17.7. The Balaban J connectivity index is 1.93. The third kappa shape index (κ3) is 6.46. The van der Waals surface area contributed by atoms with Crippen molar-refractivity contribution in [1.82, 2.24) is 30.3 Å². The molecule has 27 heavy (non-hydrogen) atoms. The molecular weight excluding hydrogens is 342 g/mol. The zero-order chi connectivity index (χ0) is 19.8. The van der Waals surface area contributed by atoms with E-state index in [1.807, 2.05) is 4.68 Å². The SMILES string of the molecule is CCNC(=NCCN(C(C)C)C(C)C)NC1CCc2nc(COC)nn2C1. The van der Waals surface area contributed by atoms with E-state index < -0.39 is 0 Å². The van der Waals surface area contributed by atoms with Gasteiger partial charge in [-0.15, -0.1) is 0 Å². The highest BCUT2D eigenvalue weighted by Crippen LogP contribution is 2.13. The van der Waals surface area contributed by atoms with Gasteiger partial charge in [-0.2, -0.15) is 5.10 Å². The maximum absolute atomic E-state index is 5.14. The van der Waals surface area contributed by atoms with Crippen LogP contribution in [0.15, 0.2) is 4.99 Å². The fourth-order valence-corrected chi connectivity index (χ4v) is 3.57. The van der Waals surface area contributed by atoms with Crippen molar-refractivity contribution in [2.24, 2.45) is 4.99 Å². The van der Waals surface area contributed by atoms with Crippen LogP contribution in [0, 0.1) is 0 Å². The lowest BCUT2D eigenvalue weighted by Crippen LogP contribution is -2.47. The van der Waals surface area contributed by atoms with Gasteiger partial charge in [-0.25, -0.2) is 9.67 Å². The molecule has 2 N–H and O–H groups in total. The first-order chi connectivity index (χ1) is 12.9. The summed E-state index contributed by atoms with van der Waals surface area (Å²) in [6, 6.07) is 1.36. The number of hydrogen-bond donors (Lipinski definition) is 2. The lowest BCUT2D eigenvalue weighted by molar-refractivity contribution is 0.177. The summed E-state index contributed by atoms with van der Waals surface area (Å²) in [5.74, 6) is 2.69. The Labute approximate surface area is 163 Å². The van der Waals surface area contributed by atoms with Crippen LogP contribution < -0.4 is 10.6 Å². The van der Waals surface area contributed by atoms with Crippen molar-refractivity contribution in [2.75, 3.05) is 26.7 Å². The van der Waals surface area contributed by atoms with E-state index in [1.165, 1.54) is 0 Å². The highest BCUT2D eigenvalue weighted by atomic mass is 16.5. The van der Waals surface area contributed by atoms with E-state index >= 15 is 0 Å². The predicted molar refractivity (Wildman–Crippen MR) is 109 cm³/mol. The summed E-state index contributed by atoms with van der Waals surface area (Å²) >= 11 is 0. The molecule has 2 heterocycles. The van der Waals surface area contributed by atoms with Gasteiger partial charge in [-0.1, -0.05) is 0 Å². The first-order valence-corrected chi connectivity index (χ1v) is 10.2. The molecule has 1 atom stereocenters. The van der Waals surface area contributed by atoms with Gasteiger partial charge in [0.15, 0.2) is 11.8 Å². The van der Waals surface area contributed by atoms with Crippen molar-refractivity contribution < 1.29 is 4.74 Å². The van der Waals surface area contributed by atoms with E-state index in [1.54, 1.807) is 7.11 Å². The second kappa shape index (κ2) is 10.6. The first kappa shape index (κ1) is 21.6. The molecule has 0 amide bonds. The molecule has 0 aromatic carbocycles. The highest BCUT2D eigenvalue weighted by Gasteiger charge is 2.22. The van der Waals surface area contributed by atoms with E-state index in [-0.39, 0.29) is 0 Å². The van der Waals surface area contributed by atoms with E-state index in [0.717, 1.165) is 56.6 Å². The molecule has 0 radical (unpaired) electrons. The molecule has 1 aromatic rings. The third-order valence-electron chi connectivity index (χ3n) is 4.82. The summed E-state index contributed by atoms with van der Waals surface area (Å²) in [4.78, 5) is 11.8. The number of fused-ring (bicyclic) bond motifs is 1. The van der Waals surface area contributed by atoms with Gasteiger partial charge in [0, 0.05) is 44.7 Å². The number of aryl methyl sites for hydroxylation is 1. The molecule has 0 saturated carbocycles. The van der Waals surface area contributed by atoms with Gasteiger partial charge < -0.3 is 15.4 Å². The van der Waals surface area contributed by atoms with Crippen LogP contribution in [0.4, 0.5) is 0 Å². The summed E-state index contributed by atoms with van der Waals surface area (Å²) in [6.07, 6.45) is 1.95. The molecule has 0 saturated heterocycles. The van der Waals surface area contributed by atoms with Crippen molar-refractivity contribution >= 4 is 5.96 Å². The molecule has 0 aliphatic carbocycles. The van der Waals surface area contributed by atoms with Gasteiger partial charge in [-0.3, -0.25) is 9.89 Å². The van der Waals surface area contributed by atoms with Gasteiger partial charge in [0.05, 0.1) is 13.1 Å². The van der Waals surface area contributed by atoms with Crippen LogP contribution in [0.3, 0.4) is 0 Å². The molecule has 0 bridgehead atoms. The average Bonchev–Trinajstić information content (AvgIpc) is 3.00. The quantitative estimate of drug-likeness (QED) is 0.499. The smallest absolute Gasteiger partial charge is 0.191 e. The van der Waals surface area contributed by atoms with Gasteiger partial charge in [0.25, 0.3) is 0 Å². The second-order valence-electron chi connectivity index (χ2n) is 7.63. The molecule has 1 aliphatic heterocycles. The minimum atomic E-state index is 0.304. The van der Waals surface area contributed by atoms with Gasteiger partial charge >= 0.3 is 0 Å². The molecule has 154 valence electrons. The van der Waals surface area contributed by atoms with Crippen LogP contribution in [0.1, 0.15) is 52.7 Å². The average molecular weight is 380 g/mol. The standard InChI is InChI=1S/C19H37N7O/c1-7-20-19(21-10-11-25(14(2)3)15(4)5)22-16-8-9-18-23-17(13-27-6)24-26(18)12-16/h14-16H,7-13H2,1-6H3,(H2,20,21,22). The Kier molecular flexibility index (Phi) is 8.50. The number of nitrogens with one attached hydrogen (secondary N) is 2. The molecule has 0 fully saturated rings. The van der Waals surface area contributed by atoms with Crippen molar-refractivity contribution in [3.05, 3.63) is 11.6 Å². The molecule has 8 heteroatoms. The number of aliphatic imine (C=N–C) groups is 1. The number of methoxy groups -OCH3 is 1. The summed E-state index contributed by atoms with van der Waals surface area (Å²) in [6.45, 7) is 14.9. The van der Waals surface area contributed by atoms with Crippen molar-refractivity contribution in [1.29, 1.82) is 0 Å². The number of ether oxygens (including phenoxy) is 1. The largest absolute Gasteiger partial charge is 0.377 e. The summed E-state index contributed by atoms with van der Waals surface area (Å²) in [5, 5.41) is 11.5. The van der Waals surface area contributed by atoms with Crippen LogP contribution in [0.5, 0.6) is 0 Å². The van der Waals surface area contributed by atoms with Gasteiger partial charge in [0.2, 0.25) is 0 Å². The Morgan fingerprint density at radius 2 is 2.07 bits per heavy atom. The van der Waals surface area contributed by atoms with Crippen molar-refractivity contribution in [3.63, 3.8) is 0 Å². The minimum Gasteiger partial charge on any atom is -0.377 e. The predicted octanol–water partition coefficient (Wildman–Crippen LogP) is 1.41. The van der Waals surface area contributed by atoms with Crippen LogP contribution in [-0.4, -0.2) is 70.5 Å². The van der Waals surface area contributed by atoms with Crippen molar-refractivity contribution in [2.45, 2.75) is 78.7 Å². The van der Waals surface area contributed by atoms with E-state index in [0.29, 0.717) is 24.7 Å². The van der Waals surface area contributed by atoms with Crippen LogP contribution >= 0.6 is 0 Å². The van der Waals surface area contributed by atoms with Crippen molar-refractivity contribution in [3.8, 4) is 0 Å². The summed E-state index contributed by atoms with van der Waals surface area (Å²) in [7, 11) is 1.67. The van der Waals surface area contributed by atoms with E-state index in [2.05, 4.69) is 60.2 Å². The van der Waals surface area contributed by atoms with E-state index in [4.69, 9.17) is 9.73 Å². The topological polar surface area (TPSA) is 79.6 Å². The van der Waals surface area contributed by atoms with Gasteiger partial charge in [-0.05, 0) is 41.0 Å². The third-order valence-corrected chi connectivity index (χ3v) is 4.82. The Morgan fingerprint density at radius 3 is 2.70 bits per heavy atom. The zero-order valence-electron chi connectivity index (χ0n) is 17.8. The molecule has 8 nitrogen and oxygen atoms in total. The molecule has 1 aliphatic rings. The summed E-state index contributed by atoms with van der Waals surface area (Å²) < 4.78 is 7.14. The fourth-order valence-electron chi connectivity index (χ4n) is 3.57. The Hall–Kier alpha value is -1.67. The molecular formula is C19H37N7O. The second-order valence-corrected chi connectivity index (χ2v) is 7.63. The number of hydrogen-bond acceptors (Lipinski definition) is 5. The Morgan fingerprint density at radius 1 is 1.33 bits per heavy atom. The monoisotopic (exact) mass is 379 g/mol. The number of rotatable bonds is 9. The van der Waals surface area contributed by atoms with Gasteiger partial charge in [0.1, 0.15) is 12.4 Å². The highest BCUT2D eigenvalue weighted by molar-refractivity contribution is 5.80. The maximum atomic E-state index is 5.14. The fraction of sp³-hybridized carbons (Fsp3) is 0.842. The number of aromatic nitrogens is 3. The zero-order valence-corrected chi connectivity index (χ0v) is 17.8. The van der Waals surface area contributed by atoms with E-state index in [9.17, 15) is 0 Å². The first-order valence-electron chi connectivity index (χ1n) is 10.2. The number of guanidine groups is 1. The van der Waals surface area contributed by atoms with Crippen LogP contribution in [-0.2, 0) is 24.3 Å². The molecule has 0 spiro atoms.